The Kier molecular flexibility index (Phi) is 4.16. The van der Waals surface area contributed by atoms with Crippen molar-refractivity contribution in [3.8, 4) is 11.1 Å². The van der Waals surface area contributed by atoms with Gasteiger partial charge in [0.2, 0.25) is 0 Å². The van der Waals surface area contributed by atoms with Crippen LogP contribution in [0.5, 0.6) is 0 Å². The van der Waals surface area contributed by atoms with Crippen molar-refractivity contribution in [2.24, 2.45) is 5.92 Å². The fraction of sp³-hybridized carbons (Fsp3) is 0.250. The number of carboxylic acids is 1. The standard InChI is InChI=1S/C20H20N4O2/c21-15-6-1-4-13(10-15)16-7-2-8-17-18(16)19(23-12-22-17)24-9-3-5-14(11-24)20(25)26/h1-2,4,6-8,10,12,14H,3,5,9,11,21H2,(H,25,26). The van der Waals surface area contributed by atoms with Gasteiger partial charge < -0.3 is 15.7 Å². The molecule has 1 aromatic heterocycles. The SMILES string of the molecule is Nc1cccc(-c2cccc3ncnc(N4CCCC(C(=O)O)C4)c23)c1. The zero-order valence-corrected chi connectivity index (χ0v) is 14.3. The van der Waals surface area contributed by atoms with Crippen LogP contribution in [-0.4, -0.2) is 34.1 Å². The lowest BCUT2D eigenvalue weighted by Gasteiger charge is -2.32. The number of rotatable bonds is 3. The summed E-state index contributed by atoms with van der Waals surface area (Å²) in [6.07, 6.45) is 3.09. The third-order valence-electron chi connectivity index (χ3n) is 4.91. The summed E-state index contributed by atoms with van der Waals surface area (Å²) in [5.74, 6) is -0.323. The van der Waals surface area contributed by atoms with Crippen LogP contribution >= 0.6 is 0 Å². The molecule has 0 bridgehead atoms. The van der Waals surface area contributed by atoms with Gasteiger partial charge in [0.1, 0.15) is 12.1 Å². The summed E-state index contributed by atoms with van der Waals surface area (Å²) >= 11 is 0. The minimum Gasteiger partial charge on any atom is -0.481 e. The number of hydrogen-bond donors (Lipinski definition) is 2. The Balaban J connectivity index is 1.87. The van der Waals surface area contributed by atoms with Crippen LogP contribution in [0.2, 0.25) is 0 Å². The first-order valence-corrected chi connectivity index (χ1v) is 8.71. The van der Waals surface area contributed by atoms with Gasteiger partial charge in [-0.1, -0.05) is 24.3 Å². The minimum absolute atomic E-state index is 0.367. The van der Waals surface area contributed by atoms with Crippen molar-refractivity contribution >= 4 is 28.4 Å². The van der Waals surface area contributed by atoms with Gasteiger partial charge in [-0.05, 0) is 42.2 Å². The van der Waals surface area contributed by atoms with Crippen molar-refractivity contribution in [3.63, 3.8) is 0 Å². The van der Waals surface area contributed by atoms with Crippen molar-refractivity contribution < 1.29 is 9.90 Å². The number of aliphatic carboxylic acids is 1. The Hall–Kier alpha value is -3.15. The van der Waals surface area contributed by atoms with Crippen LogP contribution in [0.1, 0.15) is 12.8 Å². The summed E-state index contributed by atoms with van der Waals surface area (Å²) in [5, 5.41) is 10.3. The van der Waals surface area contributed by atoms with Crippen LogP contribution in [0.4, 0.5) is 11.5 Å². The average Bonchev–Trinajstić information content (AvgIpc) is 2.67. The number of nitrogens with two attached hydrogens (primary N) is 1. The Labute approximate surface area is 151 Å². The number of carboxylic acid groups (broad SMARTS) is 1. The quantitative estimate of drug-likeness (QED) is 0.706. The lowest BCUT2D eigenvalue weighted by molar-refractivity contribution is -0.141. The first kappa shape index (κ1) is 16.3. The number of hydrogen-bond acceptors (Lipinski definition) is 5. The molecule has 2 aromatic carbocycles. The second kappa shape index (κ2) is 6.63. The van der Waals surface area contributed by atoms with Crippen molar-refractivity contribution in [2.75, 3.05) is 23.7 Å². The monoisotopic (exact) mass is 348 g/mol. The Morgan fingerprint density at radius 2 is 2.04 bits per heavy atom. The number of piperidine rings is 1. The molecule has 0 amide bonds. The first-order chi connectivity index (χ1) is 12.6. The Bertz CT molecular complexity index is 968. The van der Waals surface area contributed by atoms with E-state index in [0.717, 1.165) is 40.8 Å². The van der Waals surface area contributed by atoms with Crippen LogP contribution in [0.3, 0.4) is 0 Å². The van der Waals surface area contributed by atoms with Gasteiger partial charge in [-0.25, -0.2) is 9.97 Å². The number of nitrogens with zero attached hydrogens (tertiary/aromatic N) is 3. The van der Waals surface area contributed by atoms with Crippen molar-refractivity contribution in [3.05, 3.63) is 48.8 Å². The third kappa shape index (κ3) is 2.94. The van der Waals surface area contributed by atoms with Crippen LogP contribution in [0.25, 0.3) is 22.0 Å². The molecule has 1 atom stereocenters. The molecule has 1 aliphatic rings. The summed E-state index contributed by atoms with van der Waals surface area (Å²) in [6, 6.07) is 13.7. The second-order valence-corrected chi connectivity index (χ2v) is 6.65. The van der Waals surface area contributed by atoms with E-state index in [-0.39, 0.29) is 5.92 Å². The zero-order chi connectivity index (χ0) is 18.1. The van der Waals surface area contributed by atoms with E-state index in [9.17, 15) is 9.90 Å². The zero-order valence-electron chi connectivity index (χ0n) is 14.3. The molecule has 4 rings (SSSR count). The third-order valence-corrected chi connectivity index (χ3v) is 4.91. The molecule has 26 heavy (non-hydrogen) atoms. The van der Waals surface area contributed by atoms with E-state index < -0.39 is 5.97 Å². The minimum atomic E-state index is -0.746. The number of benzene rings is 2. The van der Waals surface area contributed by atoms with E-state index >= 15 is 0 Å². The summed E-state index contributed by atoms with van der Waals surface area (Å²) < 4.78 is 0. The topological polar surface area (TPSA) is 92.3 Å². The molecule has 6 heteroatoms. The summed E-state index contributed by atoms with van der Waals surface area (Å²) in [6.45, 7) is 1.26. The molecule has 0 aliphatic carbocycles. The van der Waals surface area contributed by atoms with Crippen LogP contribution in [-0.2, 0) is 4.79 Å². The van der Waals surface area contributed by atoms with E-state index in [2.05, 4.69) is 14.9 Å². The van der Waals surface area contributed by atoms with E-state index in [0.29, 0.717) is 18.7 Å². The highest BCUT2D eigenvalue weighted by molar-refractivity contribution is 6.02. The molecule has 3 N–H and O–H groups in total. The van der Waals surface area contributed by atoms with Crippen molar-refractivity contribution in [2.45, 2.75) is 12.8 Å². The number of aromatic nitrogens is 2. The molecular weight excluding hydrogens is 328 g/mol. The fourth-order valence-corrected chi connectivity index (χ4v) is 3.65. The maximum atomic E-state index is 11.4. The average molecular weight is 348 g/mol. The number of anilines is 2. The predicted molar refractivity (Wildman–Crippen MR) is 102 cm³/mol. The highest BCUT2D eigenvalue weighted by atomic mass is 16.4. The van der Waals surface area contributed by atoms with Crippen LogP contribution in [0.15, 0.2) is 48.8 Å². The molecule has 1 saturated heterocycles. The fourth-order valence-electron chi connectivity index (χ4n) is 3.65. The van der Waals surface area contributed by atoms with Crippen LogP contribution in [0, 0.1) is 5.92 Å². The van der Waals surface area contributed by atoms with Crippen molar-refractivity contribution in [1.29, 1.82) is 0 Å². The lowest BCUT2D eigenvalue weighted by Crippen LogP contribution is -2.39. The second-order valence-electron chi connectivity index (χ2n) is 6.65. The maximum absolute atomic E-state index is 11.4. The largest absolute Gasteiger partial charge is 0.481 e. The molecular formula is C20H20N4O2. The number of carbonyl (C=O) groups is 1. The Morgan fingerprint density at radius 1 is 1.19 bits per heavy atom. The molecule has 132 valence electrons. The predicted octanol–water partition coefficient (Wildman–Crippen LogP) is 3.18. The molecule has 2 heterocycles. The van der Waals surface area contributed by atoms with E-state index in [1.807, 2.05) is 42.5 Å². The normalized spacial score (nSPS) is 17.4. The van der Waals surface area contributed by atoms with E-state index in [1.165, 1.54) is 0 Å². The molecule has 1 unspecified atom stereocenters. The van der Waals surface area contributed by atoms with Crippen LogP contribution < -0.4 is 10.6 Å². The van der Waals surface area contributed by atoms with Gasteiger partial charge in [-0.3, -0.25) is 4.79 Å². The van der Waals surface area contributed by atoms with Gasteiger partial charge in [0.15, 0.2) is 0 Å². The molecule has 0 spiro atoms. The van der Waals surface area contributed by atoms with Gasteiger partial charge in [0, 0.05) is 18.8 Å². The van der Waals surface area contributed by atoms with Gasteiger partial charge in [0.05, 0.1) is 16.8 Å². The summed E-state index contributed by atoms with van der Waals surface area (Å²) in [4.78, 5) is 22.5. The maximum Gasteiger partial charge on any atom is 0.308 e. The van der Waals surface area contributed by atoms with Crippen molar-refractivity contribution in [1.82, 2.24) is 9.97 Å². The smallest absolute Gasteiger partial charge is 0.308 e. The lowest BCUT2D eigenvalue weighted by atomic mass is 9.96. The highest BCUT2D eigenvalue weighted by Crippen LogP contribution is 2.35. The molecule has 0 radical (unpaired) electrons. The summed E-state index contributed by atoms with van der Waals surface area (Å²) in [7, 11) is 0. The van der Waals surface area contributed by atoms with Gasteiger partial charge in [0.25, 0.3) is 0 Å². The number of fused-ring (bicyclic) bond motifs is 1. The van der Waals surface area contributed by atoms with Gasteiger partial charge in [-0.15, -0.1) is 0 Å². The molecule has 0 saturated carbocycles. The first-order valence-electron chi connectivity index (χ1n) is 8.71. The van der Waals surface area contributed by atoms with Gasteiger partial charge in [-0.2, -0.15) is 0 Å². The number of nitrogen functional groups attached to an aromatic ring is 1. The van der Waals surface area contributed by atoms with E-state index in [1.54, 1.807) is 6.33 Å². The Morgan fingerprint density at radius 3 is 2.85 bits per heavy atom. The molecule has 1 fully saturated rings. The van der Waals surface area contributed by atoms with E-state index in [4.69, 9.17) is 5.73 Å². The highest BCUT2D eigenvalue weighted by Gasteiger charge is 2.27. The molecule has 3 aromatic rings. The van der Waals surface area contributed by atoms with Gasteiger partial charge >= 0.3 is 5.97 Å². The molecule has 1 aliphatic heterocycles. The summed E-state index contributed by atoms with van der Waals surface area (Å²) in [5.41, 5.74) is 9.50. The molecule has 6 nitrogen and oxygen atoms in total.